The van der Waals surface area contributed by atoms with Crippen molar-refractivity contribution in [3.8, 4) is 0 Å². The predicted molar refractivity (Wildman–Crippen MR) is 48.3 cm³/mol. The first-order valence-electron chi connectivity index (χ1n) is 4.82. The van der Waals surface area contributed by atoms with Crippen LogP contribution in [0.3, 0.4) is 0 Å². The van der Waals surface area contributed by atoms with Crippen LogP contribution in [0.25, 0.3) is 0 Å². The number of hydrogen-bond donors (Lipinski definition) is 1. The van der Waals surface area contributed by atoms with E-state index in [9.17, 15) is 0 Å². The second-order valence-corrected chi connectivity index (χ2v) is 3.88. The van der Waals surface area contributed by atoms with Crippen molar-refractivity contribution in [2.24, 2.45) is 0 Å². The SMILES string of the molecule is COCCN1CCC12CCNC2. The van der Waals surface area contributed by atoms with Crippen LogP contribution < -0.4 is 5.32 Å². The normalized spacial score (nSPS) is 35.8. The Morgan fingerprint density at radius 3 is 2.92 bits per heavy atom. The van der Waals surface area contributed by atoms with E-state index < -0.39 is 0 Å². The minimum absolute atomic E-state index is 0.526. The summed E-state index contributed by atoms with van der Waals surface area (Å²) in [4.78, 5) is 2.57. The Hall–Kier alpha value is -0.120. The van der Waals surface area contributed by atoms with E-state index in [1.807, 2.05) is 0 Å². The van der Waals surface area contributed by atoms with Crippen LogP contribution in [0.15, 0.2) is 0 Å². The molecule has 1 N–H and O–H groups in total. The summed E-state index contributed by atoms with van der Waals surface area (Å²) in [5.41, 5.74) is 0.526. The minimum atomic E-state index is 0.526. The fourth-order valence-electron chi connectivity index (χ4n) is 2.35. The van der Waals surface area contributed by atoms with Crippen molar-refractivity contribution in [2.75, 3.05) is 39.9 Å². The Labute approximate surface area is 74.1 Å². The average Bonchev–Trinajstić information content (AvgIpc) is 2.53. The summed E-state index contributed by atoms with van der Waals surface area (Å²) in [5, 5.41) is 3.44. The molecule has 1 spiro atoms. The summed E-state index contributed by atoms with van der Waals surface area (Å²) in [7, 11) is 1.78. The quantitative estimate of drug-likeness (QED) is 0.649. The van der Waals surface area contributed by atoms with Crippen LogP contribution >= 0.6 is 0 Å². The summed E-state index contributed by atoms with van der Waals surface area (Å²) in [6.45, 7) is 5.64. The molecule has 1 unspecified atom stereocenters. The number of hydrogen-bond acceptors (Lipinski definition) is 3. The van der Waals surface area contributed by atoms with Crippen LogP contribution in [0.5, 0.6) is 0 Å². The second kappa shape index (κ2) is 3.32. The Morgan fingerprint density at radius 1 is 1.50 bits per heavy atom. The van der Waals surface area contributed by atoms with Gasteiger partial charge in [-0.3, -0.25) is 4.90 Å². The molecule has 2 heterocycles. The Bertz CT molecular complexity index is 155. The third-order valence-corrected chi connectivity index (χ3v) is 3.30. The van der Waals surface area contributed by atoms with Gasteiger partial charge in [0.1, 0.15) is 0 Å². The maximum Gasteiger partial charge on any atom is 0.0589 e. The highest BCUT2D eigenvalue weighted by Crippen LogP contribution is 2.35. The summed E-state index contributed by atoms with van der Waals surface area (Å²) < 4.78 is 5.09. The van der Waals surface area contributed by atoms with Gasteiger partial charge in [-0.15, -0.1) is 0 Å². The molecule has 0 aromatic carbocycles. The van der Waals surface area contributed by atoms with Crippen LogP contribution in [0, 0.1) is 0 Å². The molecule has 1 atom stereocenters. The highest BCUT2D eigenvalue weighted by molar-refractivity contribution is 5.04. The predicted octanol–water partition coefficient (Wildman–Crippen LogP) is 0.0706. The molecule has 2 aliphatic rings. The molecule has 0 saturated carbocycles. The van der Waals surface area contributed by atoms with E-state index in [0.29, 0.717) is 5.54 Å². The van der Waals surface area contributed by atoms with E-state index in [1.54, 1.807) is 7.11 Å². The lowest BCUT2D eigenvalue weighted by Gasteiger charge is -2.50. The molecule has 2 rings (SSSR count). The number of nitrogens with one attached hydrogen (secondary N) is 1. The van der Waals surface area contributed by atoms with E-state index in [-0.39, 0.29) is 0 Å². The molecule has 2 aliphatic heterocycles. The summed E-state index contributed by atoms with van der Waals surface area (Å²) >= 11 is 0. The minimum Gasteiger partial charge on any atom is -0.383 e. The van der Waals surface area contributed by atoms with Crippen molar-refractivity contribution >= 4 is 0 Å². The lowest BCUT2D eigenvalue weighted by molar-refractivity contribution is -0.0155. The fourth-order valence-corrected chi connectivity index (χ4v) is 2.35. The molecule has 3 heteroatoms. The van der Waals surface area contributed by atoms with Gasteiger partial charge < -0.3 is 10.1 Å². The topological polar surface area (TPSA) is 24.5 Å². The van der Waals surface area contributed by atoms with Crippen molar-refractivity contribution in [2.45, 2.75) is 18.4 Å². The summed E-state index contributed by atoms with van der Waals surface area (Å²) in [6.07, 6.45) is 2.71. The summed E-state index contributed by atoms with van der Waals surface area (Å²) in [5.74, 6) is 0. The number of methoxy groups -OCH3 is 1. The van der Waals surface area contributed by atoms with Crippen molar-refractivity contribution in [1.82, 2.24) is 10.2 Å². The van der Waals surface area contributed by atoms with Gasteiger partial charge in [-0.05, 0) is 19.4 Å². The van der Waals surface area contributed by atoms with Crippen LogP contribution in [0.2, 0.25) is 0 Å². The van der Waals surface area contributed by atoms with Gasteiger partial charge in [0, 0.05) is 32.3 Å². The maximum absolute atomic E-state index is 5.09. The average molecular weight is 170 g/mol. The molecule has 0 amide bonds. The maximum atomic E-state index is 5.09. The van der Waals surface area contributed by atoms with E-state index in [4.69, 9.17) is 4.74 Å². The molecule has 0 radical (unpaired) electrons. The smallest absolute Gasteiger partial charge is 0.0589 e. The first-order valence-corrected chi connectivity index (χ1v) is 4.82. The summed E-state index contributed by atoms with van der Waals surface area (Å²) in [6, 6.07) is 0. The van der Waals surface area contributed by atoms with E-state index in [2.05, 4.69) is 10.2 Å². The highest BCUT2D eigenvalue weighted by atomic mass is 16.5. The van der Waals surface area contributed by atoms with Crippen molar-refractivity contribution in [3.05, 3.63) is 0 Å². The molecule has 12 heavy (non-hydrogen) atoms. The fraction of sp³-hybridized carbons (Fsp3) is 1.00. The zero-order chi connectivity index (χ0) is 8.44. The first-order chi connectivity index (χ1) is 5.87. The monoisotopic (exact) mass is 170 g/mol. The Balaban J connectivity index is 1.83. The van der Waals surface area contributed by atoms with Gasteiger partial charge in [0.05, 0.1) is 6.61 Å². The molecule has 2 fully saturated rings. The van der Waals surface area contributed by atoms with Gasteiger partial charge in [-0.25, -0.2) is 0 Å². The van der Waals surface area contributed by atoms with Crippen molar-refractivity contribution in [1.29, 1.82) is 0 Å². The van der Waals surface area contributed by atoms with Gasteiger partial charge in [0.2, 0.25) is 0 Å². The number of rotatable bonds is 3. The van der Waals surface area contributed by atoms with E-state index >= 15 is 0 Å². The largest absolute Gasteiger partial charge is 0.383 e. The van der Waals surface area contributed by atoms with E-state index in [1.165, 1.54) is 32.5 Å². The molecular weight excluding hydrogens is 152 g/mol. The standard InChI is InChI=1S/C9H18N2O/c1-12-7-6-11-5-3-9(11)2-4-10-8-9/h10H,2-8H2,1H3. The lowest BCUT2D eigenvalue weighted by atomic mass is 9.84. The number of ether oxygens (including phenoxy) is 1. The van der Waals surface area contributed by atoms with Crippen molar-refractivity contribution < 1.29 is 4.74 Å². The zero-order valence-electron chi connectivity index (χ0n) is 7.81. The van der Waals surface area contributed by atoms with Gasteiger partial charge in [-0.1, -0.05) is 0 Å². The van der Waals surface area contributed by atoms with Gasteiger partial charge in [0.25, 0.3) is 0 Å². The molecule has 0 bridgehead atoms. The highest BCUT2D eigenvalue weighted by Gasteiger charge is 2.45. The molecule has 3 nitrogen and oxygen atoms in total. The van der Waals surface area contributed by atoms with Gasteiger partial charge in [-0.2, -0.15) is 0 Å². The number of nitrogens with zero attached hydrogens (tertiary/aromatic N) is 1. The van der Waals surface area contributed by atoms with Crippen LogP contribution in [-0.2, 0) is 4.74 Å². The van der Waals surface area contributed by atoms with E-state index in [0.717, 1.165) is 13.2 Å². The van der Waals surface area contributed by atoms with Crippen molar-refractivity contribution in [3.63, 3.8) is 0 Å². The third kappa shape index (κ3) is 1.26. The second-order valence-electron chi connectivity index (χ2n) is 3.88. The third-order valence-electron chi connectivity index (χ3n) is 3.30. The molecule has 0 aromatic heterocycles. The number of likely N-dealkylation sites (tertiary alicyclic amines) is 1. The zero-order valence-corrected chi connectivity index (χ0v) is 7.81. The van der Waals surface area contributed by atoms with Gasteiger partial charge >= 0.3 is 0 Å². The van der Waals surface area contributed by atoms with Gasteiger partial charge in [0.15, 0.2) is 0 Å². The molecule has 70 valence electrons. The Morgan fingerprint density at radius 2 is 2.42 bits per heavy atom. The van der Waals surface area contributed by atoms with Crippen LogP contribution in [-0.4, -0.2) is 50.3 Å². The molecule has 2 saturated heterocycles. The molecule has 0 aliphatic carbocycles. The molecule has 0 aromatic rings. The van der Waals surface area contributed by atoms with Crippen LogP contribution in [0.4, 0.5) is 0 Å². The lowest BCUT2D eigenvalue weighted by Crippen LogP contribution is -2.61. The Kier molecular flexibility index (Phi) is 2.35. The van der Waals surface area contributed by atoms with Crippen LogP contribution in [0.1, 0.15) is 12.8 Å². The first kappa shape index (κ1) is 8.48. The molecular formula is C9H18N2O.